The standard InChI is InChI=1S/C16H19BrN2O2/c1-2-12-5-4-8-16(9-12,11-18)10-13-6-3-7-14(15(13)17)19(20)21/h3,6-7,12H,2,4-5,8-10H2,1H3. The SMILES string of the molecule is CCC1CCCC(C#N)(Cc2cccc([N+](=O)[O-])c2Br)C1. The van der Waals surface area contributed by atoms with Crippen LogP contribution in [0.4, 0.5) is 5.69 Å². The van der Waals surface area contributed by atoms with Crippen LogP contribution in [-0.4, -0.2) is 4.92 Å². The van der Waals surface area contributed by atoms with Crippen molar-refractivity contribution in [3.63, 3.8) is 0 Å². The smallest absolute Gasteiger partial charge is 0.258 e. The molecule has 2 unspecified atom stereocenters. The molecule has 1 aliphatic rings. The van der Waals surface area contributed by atoms with Crippen molar-refractivity contribution in [3.8, 4) is 6.07 Å². The number of nitro benzene ring substituents is 1. The molecule has 112 valence electrons. The Morgan fingerprint density at radius 3 is 2.95 bits per heavy atom. The molecular weight excluding hydrogens is 332 g/mol. The molecule has 0 heterocycles. The van der Waals surface area contributed by atoms with Gasteiger partial charge in [0.15, 0.2) is 0 Å². The molecule has 0 aliphatic heterocycles. The Morgan fingerprint density at radius 2 is 2.33 bits per heavy atom. The van der Waals surface area contributed by atoms with Gasteiger partial charge in [0.1, 0.15) is 0 Å². The summed E-state index contributed by atoms with van der Waals surface area (Å²) < 4.78 is 0.517. The first-order valence-corrected chi connectivity index (χ1v) is 8.13. The van der Waals surface area contributed by atoms with Gasteiger partial charge in [-0.15, -0.1) is 0 Å². The lowest BCUT2D eigenvalue weighted by molar-refractivity contribution is -0.385. The molecule has 2 atom stereocenters. The van der Waals surface area contributed by atoms with E-state index in [4.69, 9.17) is 0 Å². The molecule has 21 heavy (non-hydrogen) atoms. The third kappa shape index (κ3) is 3.44. The largest absolute Gasteiger partial charge is 0.283 e. The predicted molar refractivity (Wildman–Crippen MR) is 84.8 cm³/mol. The second kappa shape index (κ2) is 6.57. The number of benzene rings is 1. The van der Waals surface area contributed by atoms with Gasteiger partial charge in [-0.05, 0) is 46.7 Å². The van der Waals surface area contributed by atoms with Crippen molar-refractivity contribution in [2.45, 2.75) is 45.4 Å². The maximum Gasteiger partial charge on any atom is 0.283 e. The first-order chi connectivity index (χ1) is 10.0. The molecule has 0 radical (unpaired) electrons. The van der Waals surface area contributed by atoms with Crippen molar-refractivity contribution in [1.82, 2.24) is 0 Å². The summed E-state index contributed by atoms with van der Waals surface area (Å²) in [5.74, 6) is 0.593. The van der Waals surface area contributed by atoms with Crippen LogP contribution in [0.15, 0.2) is 22.7 Å². The molecule has 0 spiro atoms. The molecule has 0 amide bonds. The number of nitrogens with zero attached hydrogens (tertiary/aromatic N) is 2. The summed E-state index contributed by atoms with van der Waals surface area (Å²) in [5.41, 5.74) is 0.558. The summed E-state index contributed by atoms with van der Waals surface area (Å²) in [4.78, 5) is 10.6. The molecule has 5 heteroatoms. The molecule has 4 nitrogen and oxygen atoms in total. The van der Waals surface area contributed by atoms with Gasteiger partial charge in [-0.2, -0.15) is 5.26 Å². The number of hydrogen-bond acceptors (Lipinski definition) is 3. The third-order valence-corrected chi connectivity index (χ3v) is 5.46. The Kier molecular flexibility index (Phi) is 5.00. The molecule has 1 saturated carbocycles. The van der Waals surface area contributed by atoms with Crippen molar-refractivity contribution in [3.05, 3.63) is 38.3 Å². The van der Waals surface area contributed by atoms with Gasteiger partial charge in [0.05, 0.1) is 20.9 Å². The number of rotatable bonds is 4. The zero-order valence-corrected chi connectivity index (χ0v) is 13.7. The Labute approximate surface area is 133 Å². The van der Waals surface area contributed by atoms with Gasteiger partial charge >= 0.3 is 0 Å². The molecule has 2 rings (SSSR count). The molecule has 0 saturated heterocycles. The lowest BCUT2D eigenvalue weighted by atomic mass is 9.67. The van der Waals surface area contributed by atoms with Crippen molar-refractivity contribution in [2.75, 3.05) is 0 Å². The van der Waals surface area contributed by atoms with Crippen LogP contribution in [0.25, 0.3) is 0 Å². The molecule has 1 aromatic rings. The van der Waals surface area contributed by atoms with E-state index >= 15 is 0 Å². The van der Waals surface area contributed by atoms with E-state index in [-0.39, 0.29) is 16.0 Å². The van der Waals surface area contributed by atoms with E-state index in [1.54, 1.807) is 6.07 Å². The van der Waals surface area contributed by atoms with Crippen LogP contribution in [0.3, 0.4) is 0 Å². The van der Waals surface area contributed by atoms with E-state index in [0.717, 1.165) is 31.2 Å². The van der Waals surface area contributed by atoms with E-state index in [0.29, 0.717) is 16.8 Å². The van der Waals surface area contributed by atoms with Crippen LogP contribution < -0.4 is 0 Å². The molecular formula is C16H19BrN2O2. The minimum absolute atomic E-state index is 0.0726. The third-order valence-electron chi connectivity index (χ3n) is 4.55. The fourth-order valence-electron chi connectivity index (χ4n) is 3.34. The lowest BCUT2D eigenvalue weighted by Gasteiger charge is -2.35. The quantitative estimate of drug-likeness (QED) is 0.566. The van der Waals surface area contributed by atoms with Crippen LogP contribution in [0.5, 0.6) is 0 Å². The summed E-state index contributed by atoms with van der Waals surface area (Å²) >= 11 is 3.34. The first kappa shape index (κ1) is 16.0. The van der Waals surface area contributed by atoms with Crippen LogP contribution in [0.2, 0.25) is 0 Å². The Morgan fingerprint density at radius 1 is 1.57 bits per heavy atom. The van der Waals surface area contributed by atoms with Gasteiger partial charge in [0, 0.05) is 6.07 Å². The van der Waals surface area contributed by atoms with E-state index in [2.05, 4.69) is 28.9 Å². The van der Waals surface area contributed by atoms with Crippen LogP contribution in [-0.2, 0) is 6.42 Å². The minimum atomic E-state index is -0.387. The Bertz CT molecular complexity index is 582. The summed E-state index contributed by atoms with van der Waals surface area (Å²) in [6.07, 6.45) is 5.72. The monoisotopic (exact) mass is 350 g/mol. The van der Waals surface area contributed by atoms with Crippen molar-refractivity contribution >= 4 is 21.6 Å². The number of nitro groups is 1. The first-order valence-electron chi connectivity index (χ1n) is 7.34. The van der Waals surface area contributed by atoms with E-state index < -0.39 is 0 Å². The number of nitriles is 1. The topological polar surface area (TPSA) is 66.9 Å². The highest BCUT2D eigenvalue weighted by atomic mass is 79.9. The lowest BCUT2D eigenvalue weighted by Crippen LogP contribution is -2.29. The second-order valence-corrected chi connectivity index (χ2v) is 6.74. The van der Waals surface area contributed by atoms with Crippen LogP contribution in [0.1, 0.15) is 44.6 Å². The summed E-state index contributed by atoms with van der Waals surface area (Å²) in [7, 11) is 0. The van der Waals surface area contributed by atoms with E-state index in [1.165, 1.54) is 12.5 Å². The highest BCUT2D eigenvalue weighted by Crippen LogP contribution is 2.44. The van der Waals surface area contributed by atoms with Crippen molar-refractivity contribution in [2.24, 2.45) is 11.3 Å². The average Bonchev–Trinajstić information content (AvgIpc) is 2.49. The van der Waals surface area contributed by atoms with Crippen molar-refractivity contribution < 1.29 is 4.92 Å². The van der Waals surface area contributed by atoms with Gasteiger partial charge in [-0.1, -0.05) is 38.3 Å². The van der Waals surface area contributed by atoms with E-state index in [9.17, 15) is 15.4 Å². The molecule has 1 aromatic carbocycles. The Balaban J connectivity index is 2.29. The maximum absolute atomic E-state index is 11.0. The normalized spacial score (nSPS) is 25.3. The minimum Gasteiger partial charge on any atom is -0.258 e. The van der Waals surface area contributed by atoms with E-state index in [1.807, 2.05) is 6.07 Å². The fourth-order valence-corrected chi connectivity index (χ4v) is 3.89. The highest BCUT2D eigenvalue weighted by Gasteiger charge is 2.37. The predicted octanol–water partition coefficient (Wildman–Crippen LogP) is 5.01. The summed E-state index contributed by atoms with van der Waals surface area (Å²) in [6.45, 7) is 2.17. The summed E-state index contributed by atoms with van der Waals surface area (Å²) in [6, 6.07) is 7.58. The summed E-state index contributed by atoms with van der Waals surface area (Å²) in [5, 5.41) is 20.7. The van der Waals surface area contributed by atoms with Gasteiger partial charge in [0.25, 0.3) is 5.69 Å². The molecule has 1 aliphatic carbocycles. The highest BCUT2D eigenvalue weighted by molar-refractivity contribution is 9.10. The average molecular weight is 351 g/mol. The van der Waals surface area contributed by atoms with Gasteiger partial charge in [-0.25, -0.2) is 0 Å². The van der Waals surface area contributed by atoms with Gasteiger partial charge in [-0.3, -0.25) is 10.1 Å². The molecule has 1 fully saturated rings. The fraction of sp³-hybridized carbons (Fsp3) is 0.562. The van der Waals surface area contributed by atoms with Gasteiger partial charge in [0.2, 0.25) is 0 Å². The van der Waals surface area contributed by atoms with Crippen molar-refractivity contribution in [1.29, 1.82) is 5.26 Å². The number of hydrogen-bond donors (Lipinski definition) is 0. The van der Waals surface area contributed by atoms with Crippen LogP contribution >= 0.6 is 15.9 Å². The zero-order chi connectivity index (χ0) is 15.5. The van der Waals surface area contributed by atoms with Gasteiger partial charge < -0.3 is 0 Å². The number of halogens is 1. The van der Waals surface area contributed by atoms with Crippen LogP contribution in [0, 0.1) is 32.8 Å². The zero-order valence-electron chi connectivity index (χ0n) is 12.1. The molecule has 0 N–H and O–H groups in total. The molecule has 0 aromatic heterocycles. The Hall–Kier alpha value is -1.41. The molecule has 0 bridgehead atoms. The maximum atomic E-state index is 11.0. The second-order valence-electron chi connectivity index (χ2n) is 5.95.